The van der Waals surface area contributed by atoms with Crippen LogP contribution in [0.15, 0.2) is 30.3 Å². The molecule has 0 unspecified atom stereocenters. The number of benzene rings is 1. The molecule has 0 saturated heterocycles. The van der Waals surface area contributed by atoms with Crippen molar-refractivity contribution >= 4 is 5.97 Å². The fourth-order valence-corrected chi connectivity index (χ4v) is 3.54. The first-order chi connectivity index (χ1) is 7.64. The van der Waals surface area contributed by atoms with Gasteiger partial charge in [-0.3, -0.25) is 4.79 Å². The number of rotatable bonds is 4. The van der Waals surface area contributed by atoms with Gasteiger partial charge in [-0.2, -0.15) is 0 Å². The highest BCUT2D eigenvalue weighted by Gasteiger charge is 2.71. The molecule has 1 N–H and O–H groups in total. The molecule has 0 amide bonds. The lowest BCUT2D eigenvalue weighted by Gasteiger charge is -2.68. The summed E-state index contributed by atoms with van der Waals surface area (Å²) in [5.74, 6) is -0.575. The predicted molar refractivity (Wildman–Crippen MR) is 61.1 cm³/mol. The summed E-state index contributed by atoms with van der Waals surface area (Å²) < 4.78 is 0. The minimum Gasteiger partial charge on any atom is -0.481 e. The minimum atomic E-state index is -0.575. The Balaban J connectivity index is 1.55. The Labute approximate surface area is 95.3 Å². The largest absolute Gasteiger partial charge is 0.481 e. The molecule has 2 bridgehead atoms. The van der Waals surface area contributed by atoms with Crippen LogP contribution in [0.4, 0.5) is 0 Å². The minimum absolute atomic E-state index is 0.309. The monoisotopic (exact) mass is 216 g/mol. The van der Waals surface area contributed by atoms with Gasteiger partial charge >= 0.3 is 5.97 Å². The molecule has 0 heterocycles. The number of hydrogen-bond acceptors (Lipinski definition) is 1. The highest BCUT2D eigenvalue weighted by molar-refractivity contribution is 5.79. The van der Waals surface area contributed by atoms with E-state index in [1.165, 1.54) is 5.56 Å². The van der Waals surface area contributed by atoms with Crippen LogP contribution in [0.3, 0.4) is 0 Å². The molecule has 0 atom stereocenters. The van der Waals surface area contributed by atoms with Gasteiger partial charge in [0, 0.05) is 0 Å². The highest BCUT2D eigenvalue weighted by atomic mass is 16.4. The third-order valence-electron chi connectivity index (χ3n) is 4.38. The van der Waals surface area contributed by atoms with Gasteiger partial charge < -0.3 is 5.11 Å². The van der Waals surface area contributed by atoms with Gasteiger partial charge in [-0.25, -0.2) is 0 Å². The predicted octanol–water partition coefficient (Wildman–Crippen LogP) is 2.87. The average Bonchev–Trinajstić information content (AvgIpc) is 2.14. The first-order valence-electron chi connectivity index (χ1n) is 5.92. The highest BCUT2D eigenvalue weighted by Crippen LogP contribution is 2.75. The number of carboxylic acids is 1. The molecule has 3 aliphatic rings. The van der Waals surface area contributed by atoms with Crippen molar-refractivity contribution in [2.45, 2.75) is 32.1 Å². The van der Waals surface area contributed by atoms with Crippen LogP contribution in [-0.2, 0) is 11.2 Å². The van der Waals surface area contributed by atoms with Crippen LogP contribution in [0.5, 0.6) is 0 Å². The van der Waals surface area contributed by atoms with E-state index in [1.54, 1.807) is 0 Å². The SMILES string of the molecule is O=C(O)C12CC(CCc3ccccc3)(C1)C2. The Morgan fingerprint density at radius 2 is 1.81 bits per heavy atom. The molecule has 0 radical (unpaired) electrons. The fourth-order valence-electron chi connectivity index (χ4n) is 3.54. The van der Waals surface area contributed by atoms with Gasteiger partial charge in [0.2, 0.25) is 0 Å². The molecule has 1 aromatic carbocycles. The summed E-state index contributed by atoms with van der Waals surface area (Å²) >= 11 is 0. The van der Waals surface area contributed by atoms with E-state index in [9.17, 15) is 4.79 Å². The van der Waals surface area contributed by atoms with Crippen molar-refractivity contribution in [1.29, 1.82) is 0 Å². The van der Waals surface area contributed by atoms with E-state index in [1.807, 2.05) is 6.07 Å². The lowest BCUT2D eigenvalue weighted by molar-refractivity contribution is -0.224. The molecule has 2 nitrogen and oxygen atoms in total. The van der Waals surface area contributed by atoms with Crippen molar-refractivity contribution < 1.29 is 9.90 Å². The quantitative estimate of drug-likeness (QED) is 0.840. The molecule has 3 saturated carbocycles. The van der Waals surface area contributed by atoms with Crippen molar-refractivity contribution in [2.75, 3.05) is 0 Å². The standard InChI is InChI=1S/C14H16O2/c15-12(16)14-8-13(9-14,10-14)7-6-11-4-2-1-3-5-11/h1-5H,6-10H2,(H,15,16). The summed E-state index contributed by atoms with van der Waals surface area (Å²) in [5, 5.41) is 9.03. The summed E-state index contributed by atoms with van der Waals surface area (Å²) in [6.07, 6.45) is 5.01. The van der Waals surface area contributed by atoms with Gasteiger partial charge in [-0.05, 0) is 43.1 Å². The first-order valence-corrected chi connectivity index (χ1v) is 5.92. The zero-order valence-corrected chi connectivity index (χ0v) is 9.28. The normalized spacial score (nSPS) is 35.0. The lowest BCUT2D eigenvalue weighted by atomic mass is 9.34. The topological polar surface area (TPSA) is 37.3 Å². The van der Waals surface area contributed by atoms with E-state index < -0.39 is 5.97 Å². The molecule has 2 heteroatoms. The fraction of sp³-hybridized carbons (Fsp3) is 0.500. The van der Waals surface area contributed by atoms with Crippen LogP contribution in [0.25, 0.3) is 0 Å². The molecule has 0 aliphatic heterocycles. The lowest BCUT2D eigenvalue weighted by Crippen LogP contribution is -2.65. The maximum Gasteiger partial charge on any atom is 0.309 e. The van der Waals surface area contributed by atoms with E-state index in [4.69, 9.17) is 5.11 Å². The molecule has 84 valence electrons. The number of hydrogen-bond donors (Lipinski definition) is 1. The molecule has 4 rings (SSSR count). The van der Waals surface area contributed by atoms with Crippen molar-refractivity contribution in [3.05, 3.63) is 35.9 Å². The molecular formula is C14H16O2. The van der Waals surface area contributed by atoms with Crippen LogP contribution < -0.4 is 0 Å². The Kier molecular flexibility index (Phi) is 1.91. The third kappa shape index (κ3) is 1.29. The smallest absolute Gasteiger partial charge is 0.309 e. The van der Waals surface area contributed by atoms with Crippen LogP contribution in [0, 0.1) is 10.8 Å². The summed E-state index contributed by atoms with van der Waals surface area (Å²) in [5.41, 5.74) is 1.45. The van der Waals surface area contributed by atoms with E-state index in [0.29, 0.717) is 5.41 Å². The molecule has 3 fully saturated rings. The zero-order valence-electron chi connectivity index (χ0n) is 9.28. The van der Waals surface area contributed by atoms with Crippen molar-refractivity contribution in [2.24, 2.45) is 10.8 Å². The number of carboxylic acid groups (broad SMARTS) is 1. The Morgan fingerprint density at radius 3 is 2.38 bits per heavy atom. The Bertz CT molecular complexity index is 402. The van der Waals surface area contributed by atoms with Gasteiger partial charge in [0.15, 0.2) is 0 Å². The Morgan fingerprint density at radius 1 is 1.19 bits per heavy atom. The van der Waals surface area contributed by atoms with Gasteiger partial charge in [0.05, 0.1) is 5.41 Å². The maximum absolute atomic E-state index is 11.0. The van der Waals surface area contributed by atoms with E-state index in [-0.39, 0.29) is 5.41 Å². The van der Waals surface area contributed by atoms with E-state index in [0.717, 1.165) is 32.1 Å². The van der Waals surface area contributed by atoms with Crippen LogP contribution in [0.1, 0.15) is 31.2 Å². The number of aryl methyl sites for hydroxylation is 1. The van der Waals surface area contributed by atoms with Crippen molar-refractivity contribution in [3.63, 3.8) is 0 Å². The molecule has 1 aromatic rings. The second-order valence-corrected chi connectivity index (χ2v) is 5.60. The maximum atomic E-state index is 11.0. The Hall–Kier alpha value is -1.31. The van der Waals surface area contributed by atoms with E-state index in [2.05, 4.69) is 24.3 Å². The molecule has 3 aliphatic carbocycles. The van der Waals surface area contributed by atoms with Crippen LogP contribution >= 0.6 is 0 Å². The van der Waals surface area contributed by atoms with Gasteiger partial charge in [-0.1, -0.05) is 30.3 Å². The van der Waals surface area contributed by atoms with Crippen LogP contribution in [-0.4, -0.2) is 11.1 Å². The number of aliphatic carboxylic acids is 1. The summed E-state index contributed by atoms with van der Waals surface area (Å²) in [4.78, 5) is 11.0. The second kappa shape index (κ2) is 3.09. The van der Waals surface area contributed by atoms with Crippen molar-refractivity contribution in [1.82, 2.24) is 0 Å². The van der Waals surface area contributed by atoms with E-state index >= 15 is 0 Å². The second-order valence-electron chi connectivity index (χ2n) is 5.60. The number of carbonyl (C=O) groups is 1. The van der Waals surface area contributed by atoms with Gasteiger partial charge in [-0.15, -0.1) is 0 Å². The van der Waals surface area contributed by atoms with Gasteiger partial charge in [0.1, 0.15) is 0 Å². The molecule has 0 aromatic heterocycles. The summed E-state index contributed by atoms with van der Waals surface area (Å²) in [6.45, 7) is 0. The summed E-state index contributed by atoms with van der Waals surface area (Å²) in [6, 6.07) is 10.5. The van der Waals surface area contributed by atoms with Crippen LogP contribution in [0.2, 0.25) is 0 Å². The average molecular weight is 216 g/mol. The summed E-state index contributed by atoms with van der Waals surface area (Å²) in [7, 11) is 0. The molecule has 16 heavy (non-hydrogen) atoms. The first kappa shape index (κ1) is 9.88. The zero-order chi connectivity index (χ0) is 11.2. The molecular weight excluding hydrogens is 200 g/mol. The third-order valence-corrected chi connectivity index (χ3v) is 4.38. The van der Waals surface area contributed by atoms with Crippen molar-refractivity contribution in [3.8, 4) is 0 Å². The van der Waals surface area contributed by atoms with Gasteiger partial charge in [0.25, 0.3) is 0 Å². The molecule has 0 spiro atoms.